The summed E-state index contributed by atoms with van der Waals surface area (Å²) in [6.45, 7) is 10.5. The van der Waals surface area contributed by atoms with E-state index in [4.69, 9.17) is 9.72 Å². The fraction of sp³-hybridized carbons (Fsp3) is 0.615. The zero-order valence-electron chi connectivity index (χ0n) is 20.2. The highest BCUT2D eigenvalue weighted by molar-refractivity contribution is 7.15. The maximum atomic E-state index is 13.0. The van der Waals surface area contributed by atoms with Crippen LogP contribution in [0.1, 0.15) is 55.2 Å². The van der Waals surface area contributed by atoms with Crippen molar-refractivity contribution < 1.29 is 9.53 Å². The number of carbonyl (C=O) groups excluding carboxylic acids is 1. The minimum atomic E-state index is 0.280. The Morgan fingerprint density at radius 1 is 1.18 bits per heavy atom. The van der Waals surface area contributed by atoms with Gasteiger partial charge in [0.05, 0.1) is 24.9 Å². The van der Waals surface area contributed by atoms with Crippen molar-refractivity contribution in [2.75, 3.05) is 46.4 Å². The zero-order valence-corrected chi connectivity index (χ0v) is 21.0. The van der Waals surface area contributed by atoms with Gasteiger partial charge >= 0.3 is 0 Å². The predicted octanol–water partition coefficient (Wildman–Crippen LogP) is 4.00. The highest BCUT2D eigenvalue weighted by Gasteiger charge is 2.30. The van der Waals surface area contributed by atoms with Gasteiger partial charge in [0.1, 0.15) is 10.8 Å². The molecule has 0 bridgehead atoms. The maximum Gasteiger partial charge on any atom is 0.236 e. The fourth-order valence-corrected chi connectivity index (χ4v) is 6.30. The molecule has 5 rings (SSSR count). The minimum absolute atomic E-state index is 0.280. The van der Waals surface area contributed by atoms with Crippen LogP contribution in [0.3, 0.4) is 0 Å². The Morgan fingerprint density at radius 3 is 2.64 bits per heavy atom. The molecule has 2 aromatic rings. The van der Waals surface area contributed by atoms with Crippen LogP contribution in [0.15, 0.2) is 18.2 Å². The molecule has 0 N–H and O–H groups in total. The van der Waals surface area contributed by atoms with Crippen LogP contribution in [0.4, 0.5) is 0 Å². The first kappa shape index (κ1) is 22.8. The van der Waals surface area contributed by atoms with Gasteiger partial charge in [0.2, 0.25) is 5.91 Å². The topological polar surface area (TPSA) is 48.9 Å². The zero-order chi connectivity index (χ0) is 22.9. The van der Waals surface area contributed by atoms with Crippen LogP contribution in [0.25, 0.3) is 10.6 Å². The lowest BCUT2D eigenvalue weighted by atomic mass is 9.91. The molecule has 6 nitrogen and oxygen atoms in total. The van der Waals surface area contributed by atoms with E-state index in [1.807, 2.05) is 0 Å². The lowest BCUT2D eigenvalue weighted by Crippen LogP contribution is -2.55. The van der Waals surface area contributed by atoms with E-state index in [0.29, 0.717) is 12.5 Å². The van der Waals surface area contributed by atoms with Gasteiger partial charge in [0.15, 0.2) is 0 Å². The van der Waals surface area contributed by atoms with Crippen LogP contribution in [-0.2, 0) is 17.8 Å². The summed E-state index contributed by atoms with van der Waals surface area (Å²) in [5, 5.41) is 1.03. The number of fused-ring (bicyclic) bond motifs is 1. The molecule has 3 heterocycles. The number of ether oxygens (including phenoxy) is 1. The molecule has 3 aliphatic rings. The number of nitrogens with zero attached hydrogens (tertiary/aromatic N) is 4. The number of methoxy groups -OCH3 is 1. The van der Waals surface area contributed by atoms with Crippen LogP contribution in [0, 0.1) is 0 Å². The van der Waals surface area contributed by atoms with Gasteiger partial charge in [-0.2, -0.15) is 0 Å². The van der Waals surface area contributed by atoms with E-state index >= 15 is 0 Å². The van der Waals surface area contributed by atoms with Crippen LogP contribution in [0.5, 0.6) is 5.75 Å². The van der Waals surface area contributed by atoms with Crippen molar-refractivity contribution >= 4 is 17.2 Å². The molecule has 0 atom stereocenters. The van der Waals surface area contributed by atoms with Crippen LogP contribution < -0.4 is 4.74 Å². The van der Waals surface area contributed by atoms with Gasteiger partial charge < -0.3 is 9.64 Å². The maximum absolute atomic E-state index is 13.0. The molecule has 2 aliphatic heterocycles. The third-order valence-corrected chi connectivity index (χ3v) is 8.66. The molecule has 1 aromatic heterocycles. The van der Waals surface area contributed by atoms with Gasteiger partial charge in [-0.05, 0) is 36.5 Å². The summed E-state index contributed by atoms with van der Waals surface area (Å²) in [5.74, 6) is 1.61. The van der Waals surface area contributed by atoms with E-state index < -0.39 is 0 Å². The number of thiazole rings is 1. The van der Waals surface area contributed by atoms with E-state index in [1.165, 1.54) is 35.4 Å². The molecule has 1 aromatic carbocycles. The second-order valence-electron chi connectivity index (χ2n) is 9.97. The molecule has 178 valence electrons. The minimum Gasteiger partial charge on any atom is -0.496 e. The van der Waals surface area contributed by atoms with Crippen molar-refractivity contribution in [1.29, 1.82) is 0 Å². The normalized spacial score (nSPS) is 20.1. The first-order valence-corrected chi connectivity index (χ1v) is 13.2. The van der Waals surface area contributed by atoms with Gasteiger partial charge in [-0.1, -0.05) is 26.3 Å². The van der Waals surface area contributed by atoms with Crippen LogP contribution >= 0.6 is 11.3 Å². The van der Waals surface area contributed by atoms with E-state index in [2.05, 4.69) is 46.7 Å². The van der Waals surface area contributed by atoms with Crippen LogP contribution in [-0.4, -0.2) is 78.0 Å². The van der Waals surface area contributed by atoms with Crippen LogP contribution in [0.2, 0.25) is 0 Å². The number of piperazine rings is 1. The largest absolute Gasteiger partial charge is 0.496 e. The van der Waals surface area contributed by atoms with E-state index in [1.54, 1.807) is 18.4 Å². The van der Waals surface area contributed by atoms with E-state index in [0.717, 1.165) is 68.1 Å². The number of hydrogen-bond donors (Lipinski definition) is 0. The Kier molecular flexibility index (Phi) is 6.72. The Morgan fingerprint density at radius 2 is 1.97 bits per heavy atom. The summed E-state index contributed by atoms with van der Waals surface area (Å²) < 4.78 is 5.64. The molecule has 1 saturated heterocycles. The number of aromatic nitrogens is 1. The summed E-state index contributed by atoms with van der Waals surface area (Å²) in [7, 11) is 1.72. The second-order valence-corrected chi connectivity index (χ2v) is 11.0. The average molecular weight is 469 g/mol. The van der Waals surface area contributed by atoms with Gasteiger partial charge in [0.25, 0.3) is 0 Å². The first-order valence-electron chi connectivity index (χ1n) is 12.4. The summed E-state index contributed by atoms with van der Waals surface area (Å²) in [4.78, 5) is 26.2. The first-order chi connectivity index (χ1) is 16.0. The van der Waals surface area contributed by atoms with Gasteiger partial charge in [-0.3, -0.25) is 14.6 Å². The fourth-order valence-electron chi connectivity index (χ4n) is 5.13. The molecule has 7 heteroatoms. The molecular weight excluding hydrogens is 432 g/mol. The quantitative estimate of drug-likeness (QED) is 0.642. The van der Waals surface area contributed by atoms with Crippen molar-refractivity contribution in [3.05, 3.63) is 34.3 Å². The molecule has 1 amide bonds. The Labute approximate surface area is 201 Å². The summed E-state index contributed by atoms with van der Waals surface area (Å²) in [6.07, 6.45) is 4.96. The van der Waals surface area contributed by atoms with E-state index in [9.17, 15) is 4.79 Å². The lowest BCUT2D eigenvalue weighted by Gasteiger charge is -2.43. The van der Waals surface area contributed by atoms with Gasteiger partial charge in [0, 0.05) is 56.6 Å². The van der Waals surface area contributed by atoms with Gasteiger partial charge in [-0.15, -0.1) is 11.3 Å². The molecular formula is C26H36N4O2S. The predicted molar refractivity (Wildman–Crippen MR) is 133 cm³/mol. The van der Waals surface area contributed by atoms with Crippen molar-refractivity contribution in [2.45, 2.75) is 58.0 Å². The molecule has 0 spiro atoms. The number of carbonyl (C=O) groups is 1. The highest BCUT2D eigenvalue weighted by Crippen LogP contribution is 2.38. The molecule has 2 fully saturated rings. The Hall–Kier alpha value is -1.96. The Balaban J connectivity index is 1.22. The highest BCUT2D eigenvalue weighted by atomic mass is 32.1. The van der Waals surface area contributed by atoms with Gasteiger partial charge in [-0.25, -0.2) is 4.98 Å². The molecule has 0 unspecified atom stereocenters. The molecule has 0 radical (unpaired) electrons. The number of benzene rings is 1. The average Bonchev–Trinajstić information content (AvgIpc) is 3.21. The van der Waals surface area contributed by atoms with Crippen molar-refractivity contribution in [1.82, 2.24) is 19.7 Å². The lowest BCUT2D eigenvalue weighted by molar-refractivity contribution is -0.135. The van der Waals surface area contributed by atoms with Crippen molar-refractivity contribution in [2.24, 2.45) is 0 Å². The van der Waals surface area contributed by atoms with E-state index in [-0.39, 0.29) is 5.91 Å². The molecule has 1 aliphatic carbocycles. The number of hydrogen-bond acceptors (Lipinski definition) is 6. The third-order valence-electron chi connectivity index (χ3n) is 7.55. The third kappa shape index (κ3) is 4.81. The molecule has 33 heavy (non-hydrogen) atoms. The monoisotopic (exact) mass is 468 g/mol. The number of amides is 1. The summed E-state index contributed by atoms with van der Waals surface area (Å²) in [5.41, 5.74) is 3.56. The molecule has 1 saturated carbocycles. The number of rotatable bonds is 6. The smallest absolute Gasteiger partial charge is 0.236 e. The second kappa shape index (κ2) is 9.72. The Bertz CT molecular complexity index is 992. The standard InChI is InChI=1S/C26H36N4O2S/c1-18(2)19-7-8-23(32-3)21(15-19)26-27-22-9-10-28(16-24(22)33-26)17-25(31)30-13-11-29(12-14-30)20-5-4-6-20/h7-8,15,18,20H,4-6,9-14,16-17H2,1-3H3. The van der Waals surface area contributed by atoms with Crippen molar-refractivity contribution in [3.63, 3.8) is 0 Å². The summed E-state index contributed by atoms with van der Waals surface area (Å²) >= 11 is 1.75. The van der Waals surface area contributed by atoms with Crippen molar-refractivity contribution in [3.8, 4) is 16.3 Å². The summed E-state index contributed by atoms with van der Waals surface area (Å²) in [6, 6.07) is 7.20. The SMILES string of the molecule is COc1ccc(C(C)C)cc1-c1nc2c(s1)CN(CC(=O)N1CCN(C3CCC3)CC1)CC2.